The number of esters is 2. The van der Waals surface area contributed by atoms with Crippen molar-refractivity contribution >= 4 is 39.8 Å². The van der Waals surface area contributed by atoms with Crippen LogP contribution in [0.5, 0.6) is 11.5 Å². The number of nitrogens with zero attached hydrogens (tertiary/aromatic N) is 1. The molecule has 0 saturated carbocycles. The second-order valence-electron chi connectivity index (χ2n) is 5.58. The minimum atomic E-state index is -0.532. The van der Waals surface area contributed by atoms with Gasteiger partial charge in [0, 0.05) is 17.0 Å². The van der Waals surface area contributed by atoms with Gasteiger partial charge in [-0.1, -0.05) is 22.0 Å². The van der Waals surface area contributed by atoms with Gasteiger partial charge >= 0.3 is 11.9 Å². The summed E-state index contributed by atoms with van der Waals surface area (Å²) >= 11 is 3.36. The molecule has 0 unspecified atom stereocenters. The quantitative estimate of drug-likeness (QED) is 0.406. The molecule has 2 aromatic carbocycles. The first kappa shape index (κ1) is 18.8. The van der Waals surface area contributed by atoms with Crippen molar-refractivity contribution in [2.75, 3.05) is 6.61 Å². The number of carbonyl (C=O) groups excluding carboxylic acids is 2. The third-order valence-corrected chi connectivity index (χ3v) is 4.07. The molecule has 0 saturated heterocycles. The van der Waals surface area contributed by atoms with Crippen molar-refractivity contribution in [2.24, 2.45) is 4.99 Å². The van der Waals surface area contributed by atoms with Crippen LogP contribution in [0.1, 0.15) is 25.0 Å². The Hall–Kier alpha value is -2.93. The van der Waals surface area contributed by atoms with Crippen molar-refractivity contribution in [2.45, 2.75) is 13.8 Å². The smallest absolute Gasteiger partial charge is 0.363 e. The highest BCUT2D eigenvalue weighted by molar-refractivity contribution is 9.10. The van der Waals surface area contributed by atoms with Gasteiger partial charge in [-0.2, -0.15) is 0 Å². The molecule has 0 bridgehead atoms. The first-order valence-corrected chi connectivity index (χ1v) is 8.99. The summed E-state index contributed by atoms with van der Waals surface area (Å²) in [6.45, 7) is 3.55. The lowest BCUT2D eigenvalue weighted by molar-refractivity contribution is -0.132. The molecule has 7 heteroatoms. The van der Waals surface area contributed by atoms with Crippen LogP contribution in [0, 0.1) is 0 Å². The third kappa shape index (κ3) is 4.62. The van der Waals surface area contributed by atoms with Crippen molar-refractivity contribution < 1.29 is 23.8 Å². The average Bonchev–Trinajstić information content (AvgIpc) is 2.98. The Balaban J connectivity index is 1.91. The molecule has 1 aliphatic heterocycles. The molecule has 0 fully saturated rings. The molecular formula is C20H16BrNO5. The Bertz CT molecular complexity index is 947. The SMILES string of the molecule is CCOc1cc(/C=C2/N=C(c3ccc(Br)cc3)OC2=O)ccc1OC(C)=O. The Morgan fingerprint density at radius 2 is 1.93 bits per heavy atom. The molecular weight excluding hydrogens is 414 g/mol. The van der Waals surface area contributed by atoms with E-state index in [0.29, 0.717) is 29.2 Å². The Morgan fingerprint density at radius 3 is 2.59 bits per heavy atom. The number of benzene rings is 2. The number of rotatable bonds is 5. The lowest BCUT2D eigenvalue weighted by Crippen LogP contribution is -2.05. The highest BCUT2D eigenvalue weighted by Gasteiger charge is 2.24. The summed E-state index contributed by atoms with van der Waals surface area (Å²) < 4.78 is 16.8. The number of carbonyl (C=O) groups is 2. The van der Waals surface area contributed by atoms with Crippen LogP contribution >= 0.6 is 15.9 Å². The third-order valence-electron chi connectivity index (χ3n) is 3.54. The summed E-state index contributed by atoms with van der Waals surface area (Å²) in [4.78, 5) is 27.6. The molecule has 0 atom stereocenters. The van der Waals surface area contributed by atoms with Gasteiger partial charge in [0.2, 0.25) is 5.90 Å². The summed E-state index contributed by atoms with van der Waals surface area (Å²) in [6.07, 6.45) is 1.59. The zero-order chi connectivity index (χ0) is 19.4. The second kappa shape index (κ2) is 8.18. The number of aliphatic imine (C=N–C) groups is 1. The van der Waals surface area contributed by atoms with Gasteiger partial charge in [0.25, 0.3) is 0 Å². The number of halogens is 1. The van der Waals surface area contributed by atoms with Gasteiger partial charge < -0.3 is 14.2 Å². The number of hydrogen-bond acceptors (Lipinski definition) is 6. The lowest BCUT2D eigenvalue weighted by Gasteiger charge is -2.10. The zero-order valence-corrected chi connectivity index (χ0v) is 16.3. The maximum atomic E-state index is 12.1. The molecule has 3 rings (SSSR count). The van der Waals surface area contributed by atoms with Crippen molar-refractivity contribution in [3.63, 3.8) is 0 Å². The Morgan fingerprint density at radius 1 is 1.19 bits per heavy atom. The monoisotopic (exact) mass is 429 g/mol. The summed E-state index contributed by atoms with van der Waals surface area (Å²) in [6, 6.07) is 12.3. The normalized spacial score (nSPS) is 14.7. The molecule has 0 amide bonds. The molecule has 1 aliphatic rings. The topological polar surface area (TPSA) is 74.2 Å². The van der Waals surface area contributed by atoms with Gasteiger partial charge in [0.05, 0.1) is 6.61 Å². The van der Waals surface area contributed by atoms with Crippen LogP contribution in [-0.2, 0) is 14.3 Å². The van der Waals surface area contributed by atoms with Crippen LogP contribution in [0.3, 0.4) is 0 Å². The van der Waals surface area contributed by atoms with Gasteiger partial charge in [-0.3, -0.25) is 4.79 Å². The van der Waals surface area contributed by atoms with Gasteiger partial charge in [-0.25, -0.2) is 9.79 Å². The molecule has 0 spiro atoms. The molecule has 0 aliphatic carbocycles. The van der Waals surface area contributed by atoms with E-state index in [1.165, 1.54) is 6.92 Å². The van der Waals surface area contributed by atoms with E-state index < -0.39 is 11.9 Å². The lowest BCUT2D eigenvalue weighted by atomic mass is 10.1. The summed E-state index contributed by atoms with van der Waals surface area (Å²) in [7, 11) is 0. The average molecular weight is 430 g/mol. The summed E-state index contributed by atoms with van der Waals surface area (Å²) in [5, 5.41) is 0. The van der Waals surface area contributed by atoms with Gasteiger partial charge in [-0.05, 0) is 55.0 Å². The largest absolute Gasteiger partial charge is 0.490 e. The van der Waals surface area contributed by atoms with Crippen molar-refractivity contribution in [1.29, 1.82) is 0 Å². The number of cyclic esters (lactones) is 1. The molecule has 1 heterocycles. The first-order valence-electron chi connectivity index (χ1n) is 8.20. The van der Waals surface area contributed by atoms with Gasteiger partial charge in [-0.15, -0.1) is 0 Å². The van der Waals surface area contributed by atoms with E-state index in [2.05, 4.69) is 20.9 Å². The van der Waals surface area contributed by atoms with Crippen LogP contribution in [0.25, 0.3) is 6.08 Å². The van der Waals surface area contributed by atoms with Crippen LogP contribution in [0.15, 0.2) is 57.6 Å². The van der Waals surface area contributed by atoms with Crippen LogP contribution < -0.4 is 9.47 Å². The van der Waals surface area contributed by atoms with E-state index >= 15 is 0 Å². The molecule has 0 aromatic heterocycles. The van der Waals surface area contributed by atoms with Crippen LogP contribution in [0.2, 0.25) is 0 Å². The standard InChI is InChI=1S/C20H16BrNO5/c1-3-25-18-11-13(4-9-17(18)26-12(2)23)10-16-20(24)27-19(22-16)14-5-7-15(21)8-6-14/h4-11H,3H2,1-2H3/b16-10+. The molecule has 0 radical (unpaired) electrons. The fourth-order valence-electron chi connectivity index (χ4n) is 2.40. The van der Waals surface area contributed by atoms with Crippen molar-refractivity contribution in [3.8, 4) is 11.5 Å². The minimum absolute atomic E-state index is 0.176. The van der Waals surface area contributed by atoms with Crippen molar-refractivity contribution in [1.82, 2.24) is 0 Å². The predicted molar refractivity (Wildman–Crippen MR) is 104 cm³/mol. The predicted octanol–water partition coefficient (Wildman–Crippen LogP) is 4.12. The summed E-state index contributed by atoms with van der Waals surface area (Å²) in [5.41, 5.74) is 1.55. The van der Waals surface area contributed by atoms with Crippen LogP contribution in [-0.4, -0.2) is 24.4 Å². The van der Waals surface area contributed by atoms with E-state index in [9.17, 15) is 9.59 Å². The molecule has 27 heavy (non-hydrogen) atoms. The van der Waals surface area contributed by atoms with E-state index in [1.54, 1.807) is 36.4 Å². The number of hydrogen-bond donors (Lipinski definition) is 0. The van der Waals surface area contributed by atoms with E-state index in [4.69, 9.17) is 14.2 Å². The molecule has 0 N–H and O–H groups in total. The van der Waals surface area contributed by atoms with Gasteiger partial charge in [0.15, 0.2) is 17.2 Å². The summed E-state index contributed by atoms with van der Waals surface area (Å²) in [5.74, 6) is 0.00509. The molecule has 138 valence electrons. The van der Waals surface area contributed by atoms with Crippen molar-refractivity contribution in [3.05, 3.63) is 63.8 Å². The molecule has 2 aromatic rings. The first-order chi connectivity index (χ1) is 13.0. The fraction of sp³-hybridized carbons (Fsp3) is 0.150. The highest BCUT2D eigenvalue weighted by Crippen LogP contribution is 2.30. The van der Waals surface area contributed by atoms with E-state index in [1.807, 2.05) is 19.1 Å². The van der Waals surface area contributed by atoms with Crippen LogP contribution in [0.4, 0.5) is 0 Å². The Labute approximate surface area is 164 Å². The van der Waals surface area contributed by atoms with Gasteiger partial charge in [0.1, 0.15) is 0 Å². The van der Waals surface area contributed by atoms with E-state index in [0.717, 1.165) is 4.47 Å². The minimum Gasteiger partial charge on any atom is -0.490 e. The number of ether oxygens (including phenoxy) is 3. The maximum Gasteiger partial charge on any atom is 0.363 e. The Kier molecular flexibility index (Phi) is 5.71. The maximum absolute atomic E-state index is 12.1. The molecule has 6 nitrogen and oxygen atoms in total. The fourth-order valence-corrected chi connectivity index (χ4v) is 2.67. The van der Waals surface area contributed by atoms with E-state index in [-0.39, 0.29) is 11.6 Å². The zero-order valence-electron chi connectivity index (χ0n) is 14.7. The highest BCUT2D eigenvalue weighted by atomic mass is 79.9. The second-order valence-corrected chi connectivity index (χ2v) is 6.49.